The van der Waals surface area contributed by atoms with Gasteiger partial charge in [0.05, 0.1) is 8.95 Å². The van der Waals surface area contributed by atoms with E-state index in [9.17, 15) is 9.90 Å². The average Bonchev–Trinajstić information content (AvgIpc) is 1.99. The summed E-state index contributed by atoms with van der Waals surface area (Å²) in [5.74, 6) is 0.0800. The molecular weight excluding hydrogens is 311 g/mol. The van der Waals surface area contributed by atoms with Crippen LogP contribution in [-0.4, -0.2) is 10.9 Å². The molecule has 0 aromatic heterocycles. The Hall–Kier alpha value is 0.650. The van der Waals surface area contributed by atoms with Crippen molar-refractivity contribution in [1.82, 2.24) is 0 Å². The van der Waals surface area contributed by atoms with Crippen molar-refractivity contribution in [2.75, 3.05) is 0 Å². The van der Waals surface area contributed by atoms with Gasteiger partial charge in [-0.2, -0.15) is 0 Å². The SMILES string of the molecule is CC(=O)c1cc(Br)c(O)c(Br)c1.[Na+]. The third-order valence-electron chi connectivity index (χ3n) is 1.42. The number of ketones is 1. The Morgan fingerprint density at radius 1 is 1.31 bits per heavy atom. The summed E-state index contributed by atoms with van der Waals surface area (Å²) in [5.41, 5.74) is 0.562. The van der Waals surface area contributed by atoms with E-state index in [1.54, 1.807) is 12.1 Å². The molecule has 0 fully saturated rings. The van der Waals surface area contributed by atoms with Crippen LogP contribution in [0.1, 0.15) is 17.3 Å². The van der Waals surface area contributed by atoms with Gasteiger partial charge in [-0.15, -0.1) is 0 Å². The molecule has 13 heavy (non-hydrogen) atoms. The molecule has 0 unspecified atom stereocenters. The summed E-state index contributed by atoms with van der Waals surface area (Å²) in [6.45, 7) is 1.48. The molecule has 0 amide bonds. The van der Waals surface area contributed by atoms with E-state index in [1.807, 2.05) is 0 Å². The molecule has 0 aliphatic rings. The molecule has 0 spiro atoms. The van der Waals surface area contributed by atoms with E-state index in [4.69, 9.17) is 0 Å². The van der Waals surface area contributed by atoms with Crippen LogP contribution in [0, 0.1) is 0 Å². The molecule has 0 atom stereocenters. The van der Waals surface area contributed by atoms with Crippen molar-refractivity contribution in [1.29, 1.82) is 0 Å². The van der Waals surface area contributed by atoms with Crippen LogP contribution in [0.3, 0.4) is 0 Å². The van der Waals surface area contributed by atoms with E-state index in [-0.39, 0.29) is 41.1 Å². The molecule has 0 aliphatic heterocycles. The average molecular weight is 317 g/mol. The topological polar surface area (TPSA) is 37.3 Å². The summed E-state index contributed by atoms with van der Waals surface area (Å²) in [4.78, 5) is 10.9. The maximum absolute atomic E-state index is 10.9. The number of phenolic OH excluding ortho intramolecular Hbond substituents is 1. The summed E-state index contributed by atoms with van der Waals surface area (Å²) in [6, 6.07) is 3.17. The van der Waals surface area contributed by atoms with Gasteiger partial charge >= 0.3 is 29.6 Å². The van der Waals surface area contributed by atoms with Crippen LogP contribution in [0.25, 0.3) is 0 Å². The van der Waals surface area contributed by atoms with Crippen molar-refractivity contribution < 1.29 is 39.5 Å². The molecule has 2 nitrogen and oxygen atoms in total. The van der Waals surface area contributed by atoms with Crippen molar-refractivity contribution in [2.24, 2.45) is 0 Å². The fourth-order valence-corrected chi connectivity index (χ4v) is 1.96. The Bertz CT molecular complexity index is 316. The number of carbonyl (C=O) groups excluding carboxylic acids is 1. The van der Waals surface area contributed by atoms with Crippen LogP contribution in [0.5, 0.6) is 5.75 Å². The Balaban J connectivity index is 0.00000144. The molecule has 0 radical (unpaired) electrons. The van der Waals surface area contributed by atoms with Crippen LogP contribution in [-0.2, 0) is 0 Å². The second-order valence-electron chi connectivity index (χ2n) is 2.34. The number of hydrogen-bond acceptors (Lipinski definition) is 2. The first kappa shape index (κ1) is 13.7. The minimum atomic E-state index is -0.0311. The molecule has 5 heteroatoms. The number of carbonyl (C=O) groups is 1. The minimum Gasteiger partial charge on any atom is -0.506 e. The summed E-state index contributed by atoms with van der Waals surface area (Å²) in [7, 11) is 0. The van der Waals surface area contributed by atoms with Gasteiger partial charge in [-0.25, -0.2) is 0 Å². The van der Waals surface area contributed by atoms with E-state index >= 15 is 0 Å². The molecule has 1 aromatic rings. The number of benzene rings is 1. The number of phenols is 1. The Kier molecular flexibility index (Phi) is 5.79. The molecule has 0 saturated heterocycles. The largest absolute Gasteiger partial charge is 1.00 e. The van der Waals surface area contributed by atoms with Crippen LogP contribution < -0.4 is 29.6 Å². The second kappa shape index (κ2) is 5.51. The molecule has 1 aromatic carbocycles. The van der Waals surface area contributed by atoms with Gasteiger partial charge in [0.25, 0.3) is 0 Å². The first-order valence-corrected chi connectivity index (χ1v) is 4.80. The van der Waals surface area contributed by atoms with Crippen molar-refractivity contribution in [2.45, 2.75) is 6.92 Å². The predicted octanol–water partition coefficient (Wildman–Crippen LogP) is 0.124. The Morgan fingerprint density at radius 3 is 2.00 bits per heavy atom. The number of aromatic hydroxyl groups is 1. The van der Waals surface area contributed by atoms with Gasteiger partial charge in [0.1, 0.15) is 5.75 Å². The summed E-state index contributed by atoms with van der Waals surface area (Å²) < 4.78 is 1.03. The van der Waals surface area contributed by atoms with Crippen LogP contribution >= 0.6 is 31.9 Å². The molecule has 1 N–H and O–H groups in total. The number of rotatable bonds is 1. The first-order chi connectivity index (χ1) is 5.52. The molecule has 0 aliphatic carbocycles. The van der Waals surface area contributed by atoms with Gasteiger partial charge in [0, 0.05) is 5.56 Å². The van der Waals surface area contributed by atoms with Crippen molar-refractivity contribution in [3.8, 4) is 5.75 Å². The van der Waals surface area contributed by atoms with E-state index < -0.39 is 0 Å². The monoisotopic (exact) mass is 315 g/mol. The molecule has 0 saturated carbocycles. The van der Waals surface area contributed by atoms with Crippen molar-refractivity contribution in [3.63, 3.8) is 0 Å². The third kappa shape index (κ3) is 3.36. The van der Waals surface area contributed by atoms with Crippen LogP contribution in [0.2, 0.25) is 0 Å². The van der Waals surface area contributed by atoms with E-state index in [1.165, 1.54) is 6.92 Å². The number of halogens is 2. The molecular formula is C8H6Br2NaO2+. The van der Waals surface area contributed by atoms with Gasteiger partial charge in [0.2, 0.25) is 0 Å². The van der Waals surface area contributed by atoms with Gasteiger partial charge < -0.3 is 5.11 Å². The zero-order valence-corrected chi connectivity index (χ0v) is 12.4. The number of hydrogen-bond donors (Lipinski definition) is 1. The normalized spacial score (nSPS) is 9.15. The second-order valence-corrected chi connectivity index (χ2v) is 4.05. The molecule has 64 valence electrons. The maximum Gasteiger partial charge on any atom is 1.00 e. The molecule has 0 heterocycles. The van der Waals surface area contributed by atoms with Crippen LogP contribution in [0.15, 0.2) is 21.1 Å². The van der Waals surface area contributed by atoms with Gasteiger partial charge in [-0.05, 0) is 50.9 Å². The fourth-order valence-electron chi connectivity index (χ4n) is 0.769. The van der Waals surface area contributed by atoms with Crippen LogP contribution in [0.4, 0.5) is 0 Å². The summed E-state index contributed by atoms with van der Waals surface area (Å²) >= 11 is 6.27. The third-order valence-corrected chi connectivity index (χ3v) is 2.63. The maximum atomic E-state index is 10.9. The Labute approximate surface area is 115 Å². The van der Waals surface area contributed by atoms with Gasteiger partial charge in [0.15, 0.2) is 5.78 Å². The first-order valence-electron chi connectivity index (χ1n) is 3.21. The zero-order valence-electron chi connectivity index (χ0n) is 7.27. The standard InChI is InChI=1S/C8H6Br2O2.Na/c1-4(11)5-2-6(9)8(12)7(10)3-5;/h2-3,12H,1H3;/q;+1. The fraction of sp³-hybridized carbons (Fsp3) is 0.125. The van der Waals surface area contributed by atoms with E-state index in [0.717, 1.165) is 0 Å². The summed E-state index contributed by atoms with van der Waals surface area (Å²) in [5, 5.41) is 9.31. The Morgan fingerprint density at radius 2 is 1.69 bits per heavy atom. The van der Waals surface area contributed by atoms with Crippen molar-refractivity contribution >= 4 is 37.6 Å². The van der Waals surface area contributed by atoms with Crippen molar-refractivity contribution in [3.05, 3.63) is 26.6 Å². The molecule has 1 rings (SSSR count). The van der Waals surface area contributed by atoms with E-state index in [2.05, 4.69) is 31.9 Å². The van der Waals surface area contributed by atoms with Gasteiger partial charge in [-0.1, -0.05) is 0 Å². The molecule has 0 bridgehead atoms. The smallest absolute Gasteiger partial charge is 0.506 e. The quantitative estimate of drug-likeness (QED) is 0.590. The van der Waals surface area contributed by atoms with E-state index in [0.29, 0.717) is 14.5 Å². The zero-order chi connectivity index (χ0) is 9.30. The summed E-state index contributed by atoms with van der Waals surface area (Å²) in [6.07, 6.45) is 0. The van der Waals surface area contributed by atoms with Gasteiger partial charge in [-0.3, -0.25) is 4.79 Å². The predicted molar refractivity (Wildman–Crippen MR) is 53.5 cm³/mol. The number of Topliss-reactive ketones (excluding diaryl/α,β-unsaturated/α-hetero) is 1. The minimum absolute atomic E-state index is 0.